The second-order valence-corrected chi connectivity index (χ2v) is 9.58. The van der Waals surface area contributed by atoms with Crippen molar-refractivity contribution in [2.24, 2.45) is 28.8 Å². The Labute approximate surface area is 131 Å². The predicted molar refractivity (Wildman–Crippen MR) is 83.2 cm³/mol. The van der Waals surface area contributed by atoms with Crippen molar-refractivity contribution in [2.45, 2.75) is 44.6 Å². The number of fused-ring (bicyclic) bond motifs is 5. The molecule has 5 atom stereocenters. The smallest absolute Gasteiger partial charge is 0.333 e. The molecule has 0 aromatic heterocycles. The van der Waals surface area contributed by atoms with E-state index >= 15 is 0 Å². The zero-order chi connectivity index (χ0) is 15.3. The van der Waals surface area contributed by atoms with Gasteiger partial charge in [0.2, 0.25) is 0 Å². The zero-order valence-corrected chi connectivity index (χ0v) is 13.4. The highest BCUT2D eigenvalue weighted by Gasteiger charge is 2.52. The van der Waals surface area contributed by atoms with E-state index in [4.69, 9.17) is 0 Å². The number of sulfone groups is 1. The first kappa shape index (κ1) is 14.5. The summed E-state index contributed by atoms with van der Waals surface area (Å²) in [6.07, 6.45) is 6.82. The van der Waals surface area contributed by atoms with Gasteiger partial charge in [0.15, 0.2) is 9.84 Å². The number of nitrogens with one attached hydrogen (secondary N) is 2. The minimum Gasteiger partial charge on any atom is -0.333 e. The summed E-state index contributed by atoms with van der Waals surface area (Å²) in [5.41, 5.74) is 3.74. The maximum absolute atomic E-state index is 11.9. The molecule has 3 saturated carbocycles. The van der Waals surface area contributed by atoms with E-state index in [9.17, 15) is 13.2 Å². The average molecular weight is 325 g/mol. The zero-order valence-electron chi connectivity index (χ0n) is 12.6. The summed E-state index contributed by atoms with van der Waals surface area (Å²) in [6, 6.07) is -0.648. The number of hydrogen-bond acceptors (Lipinski definition) is 4. The molecule has 2 N–H and O–H groups in total. The van der Waals surface area contributed by atoms with Gasteiger partial charge in [-0.1, -0.05) is 6.42 Å². The van der Waals surface area contributed by atoms with E-state index in [1.165, 1.54) is 25.7 Å². The van der Waals surface area contributed by atoms with Gasteiger partial charge in [0.05, 0.1) is 11.5 Å². The molecule has 22 heavy (non-hydrogen) atoms. The van der Waals surface area contributed by atoms with Gasteiger partial charge < -0.3 is 5.32 Å². The molecule has 3 aliphatic carbocycles. The van der Waals surface area contributed by atoms with Crippen molar-refractivity contribution in [1.29, 1.82) is 0 Å². The highest BCUT2D eigenvalue weighted by Crippen LogP contribution is 2.57. The van der Waals surface area contributed by atoms with Crippen LogP contribution in [0.1, 0.15) is 38.5 Å². The van der Waals surface area contributed by atoms with Gasteiger partial charge in [-0.15, -0.1) is 0 Å². The molecule has 2 bridgehead atoms. The quantitative estimate of drug-likeness (QED) is 0.750. The summed E-state index contributed by atoms with van der Waals surface area (Å²) in [4.78, 5) is 11.9. The third-order valence-corrected chi connectivity index (χ3v) is 7.84. The summed E-state index contributed by atoms with van der Waals surface area (Å²) in [7, 11) is -2.97. The number of carbonyl (C=O) groups excluding carboxylic acids is 1. The Kier molecular flexibility index (Phi) is 3.43. The Morgan fingerprint density at radius 2 is 2.00 bits per heavy atom. The van der Waals surface area contributed by atoms with Gasteiger partial charge in [-0.25, -0.2) is 18.6 Å². The number of amides is 2. The van der Waals surface area contributed by atoms with Gasteiger partial charge in [0.25, 0.3) is 0 Å². The standard InChI is InChI=1S/C15H23N3O3S/c19-15(16-10-4-5-22(20,21)8-10)18-17-14-7-9-6-13(14)12-3-1-2-11(9)12/h9-13H,1-8H2,(H2,16,18,19)/b17-14+. The topological polar surface area (TPSA) is 87.6 Å². The summed E-state index contributed by atoms with van der Waals surface area (Å²) in [6.45, 7) is 0. The van der Waals surface area contributed by atoms with Gasteiger partial charge in [0, 0.05) is 17.7 Å². The molecule has 5 unspecified atom stereocenters. The summed E-state index contributed by atoms with van der Waals surface area (Å²) >= 11 is 0. The van der Waals surface area contributed by atoms with Crippen molar-refractivity contribution >= 4 is 21.6 Å². The lowest BCUT2D eigenvalue weighted by molar-refractivity contribution is 0.238. The molecule has 122 valence electrons. The number of urea groups is 1. The van der Waals surface area contributed by atoms with Crippen LogP contribution in [-0.4, -0.2) is 37.7 Å². The molecule has 2 amide bonds. The lowest BCUT2D eigenvalue weighted by Gasteiger charge is -2.25. The Hall–Kier alpha value is -1.11. The summed E-state index contributed by atoms with van der Waals surface area (Å²) in [5.74, 6) is 3.26. The molecule has 0 aromatic carbocycles. The molecule has 0 spiro atoms. The van der Waals surface area contributed by atoms with Crippen LogP contribution in [0.4, 0.5) is 4.79 Å². The first-order valence-electron chi connectivity index (χ1n) is 8.35. The number of carbonyl (C=O) groups is 1. The lowest BCUT2D eigenvalue weighted by Crippen LogP contribution is -2.41. The van der Waals surface area contributed by atoms with Gasteiger partial charge in [-0.2, -0.15) is 5.10 Å². The largest absolute Gasteiger partial charge is 0.335 e. The molecular formula is C15H23N3O3S. The van der Waals surface area contributed by atoms with Crippen molar-refractivity contribution in [3.63, 3.8) is 0 Å². The molecule has 7 heteroatoms. The van der Waals surface area contributed by atoms with Crippen molar-refractivity contribution < 1.29 is 13.2 Å². The van der Waals surface area contributed by atoms with Crippen LogP contribution in [-0.2, 0) is 9.84 Å². The van der Waals surface area contributed by atoms with E-state index in [1.54, 1.807) is 0 Å². The fourth-order valence-corrected chi connectivity index (χ4v) is 6.87. The highest BCUT2D eigenvalue weighted by atomic mass is 32.2. The van der Waals surface area contributed by atoms with Crippen LogP contribution in [0, 0.1) is 23.7 Å². The van der Waals surface area contributed by atoms with Gasteiger partial charge in [-0.05, 0) is 49.9 Å². The normalized spacial score (nSPS) is 43.5. The third-order valence-electron chi connectivity index (χ3n) is 6.07. The maximum atomic E-state index is 11.9. The molecule has 4 fully saturated rings. The van der Waals surface area contributed by atoms with E-state index in [-0.39, 0.29) is 23.6 Å². The second-order valence-electron chi connectivity index (χ2n) is 7.35. The molecule has 4 aliphatic rings. The van der Waals surface area contributed by atoms with Crippen molar-refractivity contribution in [2.75, 3.05) is 11.5 Å². The summed E-state index contributed by atoms with van der Waals surface area (Å²) in [5, 5.41) is 7.06. The first-order valence-corrected chi connectivity index (χ1v) is 10.2. The molecule has 1 saturated heterocycles. The monoisotopic (exact) mass is 325 g/mol. The maximum Gasteiger partial charge on any atom is 0.335 e. The molecule has 0 aromatic rings. The van der Waals surface area contributed by atoms with Gasteiger partial charge in [0.1, 0.15) is 0 Å². The first-order chi connectivity index (χ1) is 10.5. The number of hydrazone groups is 1. The number of nitrogens with zero attached hydrogens (tertiary/aromatic N) is 1. The molecule has 0 radical (unpaired) electrons. The second kappa shape index (κ2) is 5.22. The van der Waals surface area contributed by atoms with E-state index in [1.807, 2.05) is 0 Å². The Bertz CT molecular complexity index is 616. The fourth-order valence-electron chi connectivity index (χ4n) is 5.19. The van der Waals surface area contributed by atoms with Gasteiger partial charge >= 0.3 is 6.03 Å². The van der Waals surface area contributed by atoms with E-state index < -0.39 is 9.84 Å². The van der Waals surface area contributed by atoms with Crippen LogP contribution in [0.5, 0.6) is 0 Å². The van der Waals surface area contributed by atoms with Crippen LogP contribution < -0.4 is 10.7 Å². The molecular weight excluding hydrogens is 302 g/mol. The molecule has 6 nitrogen and oxygen atoms in total. The van der Waals surface area contributed by atoms with Crippen LogP contribution in [0.15, 0.2) is 5.10 Å². The predicted octanol–water partition coefficient (Wildman–Crippen LogP) is 1.28. The highest BCUT2D eigenvalue weighted by molar-refractivity contribution is 7.91. The third kappa shape index (κ3) is 2.53. The minimum atomic E-state index is -2.97. The van der Waals surface area contributed by atoms with Crippen LogP contribution >= 0.6 is 0 Å². The van der Waals surface area contributed by atoms with Crippen molar-refractivity contribution in [1.82, 2.24) is 10.7 Å². The Morgan fingerprint density at radius 3 is 2.77 bits per heavy atom. The Balaban J connectivity index is 1.32. The van der Waals surface area contributed by atoms with Crippen LogP contribution in [0.3, 0.4) is 0 Å². The van der Waals surface area contributed by atoms with Crippen LogP contribution in [0.25, 0.3) is 0 Å². The minimum absolute atomic E-state index is 0.0471. The van der Waals surface area contributed by atoms with E-state index in [2.05, 4.69) is 15.8 Å². The molecule has 4 rings (SSSR count). The summed E-state index contributed by atoms with van der Waals surface area (Å²) < 4.78 is 22.8. The molecule has 1 aliphatic heterocycles. The van der Waals surface area contributed by atoms with E-state index in [0.717, 1.165) is 29.9 Å². The average Bonchev–Trinajstić information content (AvgIpc) is 3.17. The number of rotatable bonds is 2. The van der Waals surface area contributed by atoms with Crippen LogP contribution in [0.2, 0.25) is 0 Å². The van der Waals surface area contributed by atoms with Crippen molar-refractivity contribution in [3.8, 4) is 0 Å². The van der Waals surface area contributed by atoms with E-state index in [0.29, 0.717) is 12.3 Å². The van der Waals surface area contributed by atoms with Crippen molar-refractivity contribution in [3.05, 3.63) is 0 Å². The fraction of sp³-hybridized carbons (Fsp3) is 0.867. The molecule has 1 heterocycles. The SMILES string of the molecule is O=C(N/N=C1\CC2CC1C1CCCC21)NC1CCS(=O)(=O)C1. The lowest BCUT2D eigenvalue weighted by atomic mass is 9.81. The number of hydrogen-bond donors (Lipinski definition) is 2. The Morgan fingerprint density at radius 1 is 1.18 bits per heavy atom. The van der Waals surface area contributed by atoms with Gasteiger partial charge in [-0.3, -0.25) is 0 Å².